The summed E-state index contributed by atoms with van der Waals surface area (Å²) in [5, 5.41) is 3.42. The Morgan fingerprint density at radius 1 is 0.769 bits per heavy atom. The second-order valence-electron chi connectivity index (χ2n) is 6.58. The van der Waals surface area contributed by atoms with Crippen LogP contribution in [0.15, 0.2) is 84.9 Å². The van der Waals surface area contributed by atoms with Crippen LogP contribution >= 0.6 is 0 Å². The molecule has 1 heterocycles. The number of fused-ring (bicyclic) bond motifs is 1. The smallest absolute Gasteiger partial charge is 0.229 e. The van der Waals surface area contributed by atoms with Crippen molar-refractivity contribution in [2.24, 2.45) is 0 Å². The zero-order valence-electron chi connectivity index (χ0n) is 14.5. The molecule has 0 aromatic heterocycles. The molecule has 4 rings (SSSR count). The van der Waals surface area contributed by atoms with Gasteiger partial charge in [0.25, 0.3) is 0 Å². The van der Waals surface area contributed by atoms with Crippen molar-refractivity contribution in [2.75, 3.05) is 6.54 Å². The molecule has 3 heteroatoms. The van der Waals surface area contributed by atoms with Gasteiger partial charge in [0.1, 0.15) is 5.75 Å². The topological polar surface area (TPSA) is 38.3 Å². The maximum absolute atomic E-state index is 13.2. The summed E-state index contributed by atoms with van der Waals surface area (Å²) >= 11 is 0. The van der Waals surface area contributed by atoms with Gasteiger partial charge in [-0.15, -0.1) is 0 Å². The number of para-hydroxylation sites is 1. The van der Waals surface area contributed by atoms with E-state index in [1.165, 1.54) is 5.56 Å². The molecule has 26 heavy (non-hydrogen) atoms. The normalized spacial score (nSPS) is 18.4. The first-order chi connectivity index (χ1) is 12.8. The summed E-state index contributed by atoms with van der Waals surface area (Å²) in [4.78, 5) is 13.2. The van der Waals surface area contributed by atoms with Gasteiger partial charge in [0.2, 0.25) is 11.5 Å². The molecule has 0 saturated heterocycles. The molecule has 1 aliphatic rings. The van der Waals surface area contributed by atoms with Crippen LogP contribution in [0.25, 0.3) is 0 Å². The predicted molar refractivity (Wildman–Crippen MR) is 102 cm³/mol. The van der Waals surface area contributed by atoms with Crippen LogP contribution in [-0.4, -0.2) is 18.1 Å². The van der Waals surface area contributed by atoms with E-state index in [-0.39, 0.29) is 5.78 Å². The lowest BCUT2D eigenvalue weighted by atomic mass is 9.95. The van der Waals surface area contributed by atoms with Gasteiger partial charge in [0.05, 0.1) is 5.56 Å². The third-order valence-corrected chi connectivity index (χ3v) is 4.75. The molecule has 1 unspecified atom stereocenters. The summed E-state index contributed by atoms with van der Waals surface area (Å²) < 4.78 is 6.19. The lowest BCUT2D eigenvalue weighted by Crippen LogP contribution is -2.56. The molecule has 0 radical (unpaired) electrons. The van der Waals surface area contributed by atoms with Gasteiger partial charge in [-0.25, -0.2) is 0 Å². The second-order valence-corrected chi connectivity index (χ2v) is 6.58. The molecule has 1 N–H and O–H groups in total. The van der Waals surface area contributed by atoms with Crippen molar-refractivity contribution in [3.05, 3.63) is 102 Å². The fourth-order valence-electron chi connectivity index (χ4n) is 3.43. The monoisotopic (exact) mass is 343 g/mol. The first-order valence-corrected chi connectivity index (χ1v) is 8.93. The fourth-order valence-corrected chi connectivity index (χ4v) is 3.43. The third-order valence-electron chi connectivity index (χ3n) is 4.75. The summed E-state index contributed by atoms with van der Waals surface area (Å²) in [6.45, 7) is 0.663. The van der Waals surface area contributed by atoms with E-state index >= 15 is 0 Å². The largest absolute Gasteiger partial charge is 0.464 e. The van der Waals surface area contributed by atoms with Crippen LogP contribution in [0.5, 0.6) is 5.75 Å². The molecule has 0 aliphatic carbocycles. The molecule has 1 aliphatic heterocycles. The van der Waals surface area contributed by atoms with E-state index in [0.717, 1.165) is 12.0 Å². The summed E-state index contributed by atoms with van der Waals surface area (Å²) in [6.07, 6.45) is 1.33. The van der Waals surface area contributed by atoms with Gasteiger partial charge in [-0.1, -0.05) is 72.8 Å². The Morgan fingerprint density at radius 3 is 2.08 bits per heavy atom. The highest BCUT2D eigenvalue weighted by molar-refractivity contribution is 6.07. The summed E-state index contributed by atoms with van der Waals surface area (Å²) in [5.41, 5.74) is 1.91. The van der Waals surface area contributed by atoms with E-state index < -0.39 is 5.72 Å². The van der Waals surface area contributed by atoms with Gasteiger partial charge in [-0.2, -0.15) is 0 Å². The number of rotatable bonds is 6. The molecule has 3 nitrogen and oxygen atoms in total. The van der Waals surface area contributed by atoms with Crippen molar-refractivity contribution in [2.45, 2.75) is 18.6 Å². The summed E-state index contributed by atoms with van der Waals surface area (Å²) in [7, 11) is 0. The molecular formula is C23H21NO2. The van der Waals surface area contributed by atoms with Gasteiger partial charge in [-0.05, 0) is 29.7 Å². The molecule has 0 bridgehead atoms. The van der Waals surface area contributed by atoms with Gasteiger partial charge in [0, 0.05) is 13.0 Å². The van der Waals surface area contributed by atoms with E-state index in [4.69, 9.17) is 4.74 Å². The van der Waals surface area contributed by atoms with Crippen LogP contribution < -0.4 is 10.1 Å². The quantitative estimate of drug-likeness (QED) is 0.734. The van der Waals surface area contributed by atoms with Gasteiger partial charge in [-0.3, -0.25) is 10.1 Å². The van der Waals surface area contributed by atoms with Crippen LogP contribution in [0.1, 0.15) is 21.5 Å². The SMILES string of the molecule is O=C1c2ccccc2OC1(Cc1ccccc1)NCCc1ccccc1. The van der Waals surface area contributed by atoms with Gasteiger partial charge in [0.15, 0.2) is 0 Å². The maximum atomic E-state index is 13.2. The molecule has 3 aromatic carbocycles. The predicted octanol–water partition coefficient (Wildman–Crippen LogP) is 4.03. The van der Waals surface area contributed by atoms with Crippen LogP contribution in [0.4, 0.5) is 0 Å². The lowest BCUT2D eigenvalue weighted by molar-refractivity contribution is 0.0407. The Labute approximate surface area is 153 Å². The molecule has 0 amide bonds. The zero-order chi connectivity index (χ0) is 17.8. The van der Waals surface area contributed by atoms with Crippen molar-refractivity contribution in [1.29, 1.82) is 0 Å². The fraction of sp³-hybridized carbons (Fsp3) is 0.174. The van der Waals surface area contributed by atoms with Gasteiger partial charge < -0.3 is 4.74 Å². The lowest BCUT2D eigenvalue weighted by Gasteiger charge is -2.29. The number of carbonyl (C=O) groups excluding carboxylic acids is 1. The van der Waals surface area contributed by atoms with Crippen molar-refractivity contribution in [3.63, 3.8) is 0 Å². The van der Waals surface area contributed by atoms with Crippen LogP contribution in [-0.2, 0) is 12.8 Å². The summed E-state index contributed by atoms with van der Waals surface area (Å²) in [6, 6.07) is 27.7. The highest BCUT2D eigenvalue weighted by Gasteiger charge is 2.47. The Hall–Kier alpha value is -2.91. The van der Waals surface area contributed by atoms with Crippen LogP contribution in [0.2, 0.25) is 0 Å². The van der Waals surface area contributed by atoms with Crippen molar-refractivity contribution in [3.8, 4) is 5.75 Å². The third kappa shape index (κ3) is 3.26. The Bertz CT molecular complexity index is 892. The van der Waals surface area contributed by atoms with Gasteiger partial charge >= 0.3 is 0 Å². The Balaban J connectivity index is 1.57. The number of carbonyl (C=O) groups is 1. The molecule has 0 spiro atoms. The number of nitrogens with one attached hydrogen (secondary N) is 1. The Morgan fingerprint density at radius 2 is 1.38 bits per heavy atom. The molecule has 0 fully saturated rings. The molecular weight excluding hydrogens is 322 g/mol. The summed E-state index contributed by atoms with van der Waals surface area (Å²) in [5.74, 6) is 0.658. The van der Waals surface area contributed by atoms with Crippen molar-refractivity contribution >= 4 is 5.78 Å². The Kier molecular flexibility index (Phi) is 4.55. The number of ketones is 1. The van der Waals surface area contributed by atoms with E-state index in [1.807, 2.05) is 72.8 Å². The molecule has 130 valence electrons. The van der Waals surface area contributed by atoms with Crippen molar-refractivity contribution in [1.82, 2.24) is 5.32 Å². The standard InChI is InChI=1S/C23H21NO2/c25-22-20-13-7-8-14-21(20)26-23(22,17-19-11-5-2-6-12-19)24-16-15-18-9-3-1-4-10-18/h1-14,24H,15-17H2. The number of benzene rings is 3. The highest BCUT2D eigenvalue weighted by Crippen LogP contribution is 2.35. The minimum atomic E-state index is -1.04. The number of Topliss-reactive ketones (excluding diaryl/α,β-unsaturated/α-hetero) is 1. The average Bonchev–Trinajstić information content (AvgIpc) is 2.96. The maximum Gasteiger partial charge on any atom is 0.229 e. The zero-order valence-corrected chi connectivity index (χ0v) is 14.5. The highest BCUT2D eigenvalue weighted by atomic mass is 16.5. The van der Waals surface area contributed by atoms with Crippen LogP contribution in [0, 0.1) is 0 Å². The molecule has 1 atom stereocenters. The average molecular weight is 343 g/mol. The minimum Gasteiger partial charge on any atom is -0.464 e. The first kappa shape index (κ1) is 16.6. The van der Waals surface area contributed by atoms with E-state index in [0.29, 0.717) is 24.3 Å². The van der Waals surface area contributed by atoms with E-state index in [1.54, 1.807) is 0 Å². The minimum absolute atomic E-state index is 0.00464. The number of hydrogen-bond acceptors (Lipinski definition) is 3. The van der Waals surface area contributed by atoms with Crippen molar-refractivity contribution < 1.29 is 9.53 Å². The molecule has 0 saturated carbocycles. The van der Waals surface area contributed by atoms with E-state index in [2.05, 4.69) is 17.4 Å². The number of ether oxygens (including phenoxy) is 1. The second kappa shape index (κ2) is 7.14. The van der Waals surface area contributed by atoms with Crippen LogP contribution in [0.3, 0.4) is 0 Å². The molecule has 3 aromatic rings. The first-order valence-electron chi connectivity index (χ1n) is 8.93. The number of hydrogen-bond donors (Lipinski definition) is 1. The van der Waals surface area contributed by atoms with E-state index in [9.17, 15) is 4.79 Å².